The molecule has 0 aromatic heterocycles. The Morgan fingerprint density at radius 2 is 1.31 bits per heavy atom. The van der Waals surface area contributed by atoms with Crippen LogP contribution in [-0.2, 0) is 17.6 Å². The highest BCUT2D eigenvalue weighted by molar-refractivity contribution is 8.15. The number of hydrogen-bond donors (Lipinski definition) is 4. The average Bonchev–Trinajstić information content (AvgIpc) is 3.59. The summed E-state index contributed by atoms with van der Waals surface area (Å²) < 4.78 is 30.6. The summed E-state index contributed by atoms with van der Waals surface area (Å²) in [6.07, 6.45) is -2.06. The van der Waals surface area contributed by atoms with Crippen LogP contribution in [0.25, 0.3) is 0 Å². The minimum absolute atomic E-state index is 0.0379. The van der Waals surface area contributed by atoms with Crippen molar-refractivity contribution in [3.05, 3.63) is 125 Å². The number of carbonyl (C=O) groups is 3. The minimum atomic E-state index is -0.999. The van der Waals surface area contributed by atoms with E-state index in [1.54, 1.807) is 66.7 Å². The number of rotatable bonds is 15. The van der Waals surface area contributed by atoms with E-state index >= 15 is 0 Å². The van der Waals surface area contributed by atoms with Gasteiger partial charge in [0.25, 0.3) is 10.5 Å². The number of aliphatic hydroxyl groups excluding tert-OH is 3. The van der Waals surface area contributed by atoms with Crippen molar-refractivity contribution in [3.63, 3.8) is 0 Å². The number of nitrogens with zero attached hydrogens (tertiary/aromatic N) is 1. The van der Waals surface area contributed by atoms with Crippen molar-refractivity contribution >= 4 is 39.9 Å². The maximum Gasteiger partial charge on any atom is 0.291 e. The van der Waals surface area contributed by atoms with Gasteiger partial charge >= 0.3 is 0 Å². The van der Waals surface area contributed by atoms with E-state index in [0.29, 0.717) is 41.2 Å². The molecule has 2 saturated heterocycles. The van der Waals surface area contributed by atoms with Gasteiger partial charge in [0.05, 0.1) is 10.5 Å². The summed E-state index contributed by atoms with van der Waals surface area (Å²) >= 11 is 2.00. The van der Waals surface area contributed by atoms with E-state index in [0.717, 1.165) is 39.6 Å². The average molecular weight is 735 g/mol. The Morgan fingerprint density at radius 3 is 1.90 bits per heavy atom. The van der Waals surface area contributed by atoms with Crippen molar-refractivity contribution in [1.82, 2.24) is 10.2 Å². The van der Waals surface area contributed by atoms with Crippen LogP contribution in [0, 0.1) is 5.82 Å². The van der Waals surface area contributed by atoms with Gasteiger partial charge in [0.2, 0.25) is 5.91 Å². The first kappa shape index (κ1) is 36.2. The fraction of sp³-hybridized carbons (Fsp3) is 0.270. The van der Waals surface area contributed by atoms with E-state index in [9.17, 15) is 34.1 Å². The topological polar surface area (TPSA) is 155 Å². The number of amides is 3. The second-order valence-corrected chi connectivity index (χ2v) is 14.3. The van der Waals surface area contributed by atoms with Gasteiger partial charge in [-0.15, -0.1) is 0 Å². The van der Waals surface area contributed by atoms with Crippen LogP contribution in [-0.4, -0.2) is 73.3 Å². The number of aliphatic hydroxyl groups is 3. The monoisotopic (exact) mass is 734 g/mol. The van der Waals surface area contributed by atoms with Crippen LogP contribution in [0.5, 0.6) is 17.2 Å². The molecule has 266 valence electrons. The van der Waals surface area contributed by atoms with Crippen molar-refractivity contribution in [2.75, 3.05) is 19.9 Å². The predicted octanol–water partition coefficient (Wildman–Crippen LogP) is 5.38. The molecule has 2 aliphatic rings. The Labute approximate surface area is 301 Å². The SMILES string of the molecule is O=C1NC(O)C(Cc2ccc(OC[C@H](O)c3cccc(OCN4C(=O)SC(Cc5ccc(OC[C@H](O)c6cccc(F)c6)cc5)C4=O)c3)cc2)S1. The third-order valence-electron chi connectivity index (χ3n) is 8.24. The Balaban J connectivity index is 0.946. The third-order valence-corrected chi connectivity index (χ3v) is 10.4. The molecular formula is C37H35FN2O9S2. The second-order valence-electron chi connectivity index (χ2n) is 11.9. The fourth-order valence-corrected chi connectivity index (χ4v) is 7.40. The molecular weight excluding hydrogens is 700 g/mol. The number of thioether (sulfide) groups is 2. The van der Waals surface area contributed by atoms with Crippen LogP contribution in [0.1, 0.15) is 34.5 Å². The normalized spacial score (nSPS) is 19.9. The van der Waals surface area contributed by atoms with Gasteiger partial charge in [-0.25, -0.2) is 9.29 Å². The molecule has 0 saturated carbocycles. The number of ether oxygens (including phenoxy) is 3. The van der Waals surface area contributed by atoms with E-state index in [1.807, 2.05) is 12.1 Å². The highest BCUT2D eigenvalue weighted by Gasteiger charge is 2.40. The van der Waals surface area contributed by atoms with E-state index < -0.39 is 34.7 Å². The Bertz CT molecular complexity index is 1850. The molecule has 2 fully saturated rings. The fourth-order valence-electron chi connectivity index (χ4n) is 5.44. The second kappa shape index (κ2) is 16.6. The molecule has 5 atom stereocenters. The molecule has 51 heavy (non-hydrogen) atoms. The number of hydrogen-bond acceptors (Lipinski definition) is 11. The van der Waals surface area contributed by atoms with E-state index in [2.05, 4.69) is 5.32 Å². The van der Waals surface area contributed by atoms with Crippen LogP contribution >= 0.6 is 23.5 Å². The lowest BCUT2D eigenvalue weighted by atomic mass is 10.1. The minimum Gasteiger partial charge on any atom is -0.491 e. The Morgan fingerprint density at radius 1 is 0.725 bits per heavy atom. The molecule has 0 spiro atoms. The summed E-state index contributed by atoms with van der Waals surface area (Å²) in [4.78, 5) is 38.3. The molecule has 11 nitrogen and oxygen atoms in total. The molecule has 6 rings (SSSR count). The van der Waals surface area contributed by atoms with Gasteiger partial charge in [-0.2, -0.15) is 0 Å². The number of nitrogens with one attached hydrogen (secondary N) is 1. The van der Waals surface area contributed by atoms with E-state index in [-0.39, 0.29) is 36.3 Å². The number of benzene rings is 4. The third kappa shape index (κ3) is 9.60. The van der Waals surface area contributed by atoms with Crippen LogP contribution in [0.2, 0.25) is 0 Å². The largest absolute Gasteiger partial charge is 0.491 e. The summed E-state index contributed by atoms with van der Waals surface area (Å²) in [7, 11) is 0. The van der Waals surface area contributed by atoms with Crippen molar-refractivity contribution in [2.24, 2.45) is 0 Å². The lowest BCUT2D eigenvalue weighted by Gasteiger charge is -2.17. The van der Waals surface area contributed by atoms with Gasteiger partial charge in [-0.05, 0) is 83.6 Å². The first-order chi connectivity index (χ1) is 24.6. The Hall–Kier alpha value is -4.60. The quantitative estimate of drug-likeness (QED) is 0.125. The van der Waals surface area contributed by atoms with Crippen molar-refractivity contribution in [3.8, 4) is 17.2 Å². The zero-order chi connectivity index (χ0) is 35.9. The van der Waals surface area contributed by atoms with Crippen molar-refractivity contribution in [2.45, 2.75) is 41.8 Å². The summed E-state index contributed by atoms with van der Waals surface area (Å²) in [6.45, 7) is -0.389. The highest BCUT2D eigenvalue weighted by atomic mass is 32.2. The van der Waals surface area contributed by atoms with E-state index in [4.69, 9.17) is 14.2 Å². The van der Waals surface area contributed by atoms with Gasteiger partial charge < -0.3 is 34.8 Å². The van der Waals surface area contributed by atoms with Crippen LogP contribution in [0.4, 0.5) is 14.0 Å². The summed E-state index contributed by atoms with van der Waals surface area (Å²) in [6, 6.07) is 26.5. The summed E-state index contributed by atoms with van der Waals surface area (Å²) in [5.74, 6) is 0.584. The van der Waals surface area contributed by atoms with Gasteiger partial charge in [0, 0.05) is 0 Å². The number of imide groups is 1. The van der Waals surface area contributed by atoms with Crippen LogP contribution in [0.15, 0.2) is 97.1 Å². The molecule has 2 heterocycles. The standard InChI is InChI=1S/C37H35FN2O9S2/c38-26-5-1-3-24(17-26)30(41)19-47-28-13-9-23(10-14-28)16-33-35(44)40(37(46)51-33)21-49-29-6-2-4-25(18-29)31(42)20-48-27-11-7-22(8-12-27)15-32-34(43)39-36(45)50-32/h1-14,17-18,30-34,41-43H,15-16,19-21H2,(H,39,45)/t30-,31-,32?,33?,34?/m0/s1. The molecule has 0 aliphatic carbocycles. The van der Waals surface area contributed by atoms with Gasteiger partial charge in [0.15, 0.2) is 6.73 Å². The Kier molecular flexibility index (Phi) is 11.8. The molecule has 3 amide bonds. The van der Waals surface area contributed by atoms with Crippen molar-refractivity contribution in [1.29, 1.82) is 0 Å². The molecule has 0 bridgehead atoms. The molecule has 14 heteroatoms. The zero-order valence-corrected chi connectivity index (χ0v) is 28.7. The van der Waals surface area contributed by atoms with Crippen LogP contribution in [0.3, 0.4) is 0 Å². The molecule has 2 aliphatic heterocycles. The molecule has 4 N–H and O–H groups in total. The maximum absolute atomic E-state index is 13.4. The zero-order valence-electron chi connectivity index (χ0n) is 27.1. The summed E-state index contributed by atoms with van der Waals surface area (Å²) in [5, 5.41) is 31.9. The lowest BCUT2D eigenvalue weighted by Crippen LogP contribution is -2.35. The highest BCUT2D eigenvalue weighted by Crippen LogP contribution is 2.31. The summed E-state index contributed by atoms with van der Waals surface area (Å²) in [5.41, 5.74) is 2.68. The molecule has 3 unspecified atom stereocenters. The van der Waals surface area contributed by atoms with Gasteiger partial charge in [0.1, 0.15) is 54.7 Å². The first-order valence-corrected chi connectivity index (χ1v) is 17.8. The predicted molar refractivity (Wildman–Crippen MR) is 189 cm³/mol. The van der Waals surface area contributed by atoms with Gasteiger partial charge in [-0.1, -0.05) is 72.1 Å². The van der Waals surface area contributed by atoms with Crippen LogP contribution < -0.4 is 19.5 Å². The molecule has 0 radical (unpaired) electrons. The molecule has 4 aromatic carbocycles. The van der Waals surface area contributed by atoms with Gasteiger partial charge in [-0.3, -0.25) is 14.4 Å². The first-order valence-electron chi connectivity index (χ1n) is 16.1. The van der Waals surface area contributed by atoms with Crippen molar-refractivity contribution < 1.29 is 48.3 Å². The lowest BCUT2D eigenvalue weighted by molar-refractivity contribution is -0.128. The van der Waals surface area contributed by atoms with E-state index in [1.165, 1.54) is 18.2 Å². The maximum atomic E-state index is 13.4. The number of carbonyl (C=O) groups excluding carboxylic acids is 3. The molecule has 4 aromatic rings. The smallest absolute Gasteiger partial charge is 0.291 e. The number of halogens is 1.